The predicted molar refractivity (Wildman–Crippen MR) is 124 cm³/mol. The molecule has 0 aliphatic heterocycles. The molecule has 2 rings (SSSR count). The number of halogens is 1. The van der Waals surface area contributed by atoms with Crippen LogP contribution in [-0.4, -0.2) is 34.3 Å². The van der Waals surface area contributed by atoms with E-state index in [4.69, 9.17) is 4.74 Å². The Hall–Kier alpha value is -1.81. The van der Waals surface area contributed by atoms with Gasteiger partial charge in [0.15, 0.2) is 15.8 Å². The molecule has 8 heteroatoms. The lowest BCUT2D eigenvalue weighted by Crippen LogP contribution is -2.36. The Morgan fingerprint density at radius 1 is 1.07 bits per heavy atom. The van der Waals surface area contributed by atoms with Gasteiger partial charge in [0.2, 0.25) is 0 Å². The number of guanidine groups is 1. The highest BCUT2D eigenvalue weighted by atomic mass is 127. The molecular formula is C20H28IN3O3S. The van der Waals surface area contributed by atoms with E-state index in [2.05, 4.69) is 15.6 Å². The van der Waals surface area contributed by atoms with E-state index in [1.807, 2.05) is 37.3 Å². The molecule has 0 spiro atoms. The monoisotopic (exact) mass is 517 g/mol. The van der Waals surface area contributed by atoms with Crippen LogP contribution in [0.15, 0.2) is 52.4 Å². The predicted octanol–water partition coefficient (Wildman–Crippen LogP) is 3.28. The molecule has 0 atom stereocenters. The molecule has 0 heterocycles. The highest BCUT2D eigenvalue weighted by Gasteiger charge is 2.10. The molecule has 0 fully saturated rings. The third-order valence-corrected chi connectivity index (χ3v) is 5.28. The Bertz CT molecular complexity index is 897. The van der Waals surface area contributed by atoms with Crippen molar-refractivity contribution in [1.29, 1.82) is 0 Å². The van der Waals surface area contributed by atoms with Crippen molar-refractivity contribution < 1.29 is 13.2 Å². The van der Waals surface area contributed by atoms with Crippen molar-refractivity contribution in [2.24, 2.45) is 4.99 Å². The lowest BCUT2D eigenvalue weighted by Gasteiger charge is -2.12. The van der Waals surface area contributed by atoms with E-state index in [1.54, 1.807) is 26.2 Å². The molecule has 2 aromatic rings. The molecule has 0 radical (unpaired) electrons. The highest BCUT2D eigenvalue weighted by Crippen LogP contribution is 2.17. The molecule has 28 heavy (non-hydrogen) atoms. The molecule has 154 valence electrons. The standard InChI is InChI=1S/C20H27N3O3S.HI/c1-5-21-20(22-13-16-6-9-18(26-3)10-7-16)23-14-17-8-11-19(15(2)12-17)27(4,24)25;/h6-12H,5,13-14H2,1-4H3,(H2,21,22,23);1H. The Kier molecular flexibility index (Phi) is 9.74. The quantitative estimate of drug-likeness (QED) is 0.335. The second-order valence-corrected chi connectivity index (χ2v) is 8.25. The van der Waals surface area contributed by atoms with Crippen molar-refractivity contribution in [2.75, 3.05) is 19.9 Å². The summed E-state index contributed by atoms with van der Waals surface area (Å²) >= 11 is 0. The zero-order valence-electron chi connectivity index (χ0n) is 16.7. The SMILES string of the molecule is CCNC(=NCc1ccc(S(C)(=O)=O)c(C)c1)NCc1ccc(OC)cc1.I. The summed E-state index contributed by atoms with van der Waals surface area (Å²) in [7, 11) is -1.56. The van der Waals surface area contributed by atoms with E-state index < -0.39 is 9.84 Å². The van der Waals surface area contributed by atoms with Gasteiger partial charge >= 0.3 is 0 Å². The number of benzene rings is 2. The number of rotatable bonds is 7. The van der Waals surface area contributed by atoms with Crippen LogP contribution in [0.25, 0.3) is 0 Å². The van der Waals surface area contributed by atoms with Crippen LogP contribution in [0.1, 0.15) is 23.6 Å². The van der Waals surface area contributed by atoms with Gasteiger partial charge in [-0.2, -0.15) is 0 Å². The van der Waals surface area contributed by atoms with Gasteiger partial charge in [-0.15, -0.1) is 24.0 Å². The Morgan fingerprint density at radius 3 is 2.25 bits per heavy atom. The van der Waals surface area contributed by atoms with E-state index in [1.165, 1.54) is 6.26 Å². The van der Waals surface area contributed by atoms with Crippen molar-refractivity contribution in [3.05, 3.63) is 59.2 Å². The maximum absolute atomic E-state index is 11.7. The molecule has 2 aromatic carbocycles. The van der Waals surface area contributed by atoms with E-state index in [0.29, 0.717) is 23.9 Å². The number of hydrogen-bond acceptors (Lipinski definition) is 4. The maximum atomic E-state index is 11.7. The molecule has 6 nitrogen and oxygen atoms in total. The Morgan fingerprint density at radius 2 is 1.71 bits per heavy atom. The fraction of sp³-hybridized carbons (Fsp3) is 0.350. The second-order valence-electron chi connectivity index (χ2n) is 6.27. The van der Waals surface area contributed by atoms with Crippen molar-refractivity contribution in [3.63, 3.8) is 0 Å². The molecule has 0 saturated carbocycles. The summed E-state index contributed by atoms with van der Waals surface area (Å²) in [5, 5.41) is 6.51. The normalized spacial score (nSPS) is 11.5. The third kappa shape index (κ3) is 7.31. The molecule has 0 saturated heterocycles. The minimum atomic E-state index is -3.20. The minimum Gasteiger partial charge on any atom is -0.497 e. The van der Waals surface area contributed by atoms with Gasteiger partial charge in [0.25, 0.3) is 0 Å². The fourth-order valence-corrected chi connectivity index (χ4v) is 3.63. The van der Waals surface area contributed by atoms with Crippen LogP contribution >= 0.6 is 24.0 Å². The van der Waals surface area contributed by atoms with Crippen LogP contribution in [0.3, 0.4) is 0 Å². The van der Waals surface area contributed by atoms with Crippen molar-refractivity contribution in [3.8, 4) is 5.75 Å². The van der Waals surface area contributed by atoms with Crippen molar-refractivity contribution >= 4 is 39.8 Å². The van der Waals surface area contributed by atoms with Gasteiger partial charge in [-0.25, -0.2) is 13.4 Å². The summed E-state index contributed by atoms with van der Waals surface area (Å²) in [5.41, 5.74) is 2.82. The fourth-order valence-electron chi connectivity index (χ4n) is 2.67. The zero-order chi connectivity index (χ0) is 19.9. The summed E-state index contributed by atoms with van der Waals surface area (Å²) < 4.78 is 28.6. The van der Waals surface area contributed by atoms with Gasteiger partial charge in [-0.05, 0) is 48.7 Å². The maximum Gasteiger partial charge on any atom is 0.191 e. The van der Waals surface area contributed by atoms with Crippen LogP contribution < -0.4 is 15.4 Å². The molecule has 0 bridgehead atoms. The Labute approximate surface area is 184 Å². The first-order valence-corrected chi connectivity index (χ1v) is 10.7. The topological polar surface area (TPSA) is 79.8 Å². The summed E-state index contributed by atoms with van der Waals surface area (Å²) in [6, 6.07) is 13.2. The van der Waals surface area contributed by atoms with Crippen LogP contribution in [0.4, 0.5) is 0 Å². The van der Waals surface area contributed by atoms with Gasteiger partial charge in [0.05, 0.1) is 18.6 Å². The number of nitrogens with zero attached hydrogens (tertiary/aromatic N) is 1. The number of nitrogens with one attached hydrogen (secondary N) is 2. The van der Waals surface area contributed by atoms with Crippen LogP contribution in [0, 0.1) is 6.92 Å². The number of methoxy groups -OCH3 is 1. The van der Waals surface area contributed by atoms with Crippen molar-refractivity contribution in [2.45, 2.75) is 31.8 Å². The summed E-state index contributed by atoms with van der Waals surface area (Å²) in [4.78, 5) is 4.95. The van der Waals surface area contributed by atoms with E-state index in [0.717, 1.165) is 29.0 Å². The molecule has 0 unspecified atom stereocenters. The van der Waals surface area contributed by atoms with E-state index in [9.17, 15) is 8.42 Å². The molecular weight excluding hydrogens is 489 g/mol. The minimum absolute atomic E-state index is 0. The van der Waals surface area contributed by atoms with E-state index in [-0.39, 0.29) is 24.0 Å². The highest BCUT2D eigenvalue weighted by molar-refractivity contribution is 14.0. The number of sulfone groups is 1. The molecule has 0 aliphatic rings. The molecule has 0 amide bonds. The van der Waals surface area contributed by atoms with Crippen LogP contribution in [-0.2, 0) is 22.9 Å². The average Bonchev–Trinajstić information content (AvgIpc) is 2.63. The smallest absolute Gasteiger partial charge is 0.191 e. The van der Waals surface area contributed by atoms with Gasteiger partial charge < -0.3 is 15.4 Å². The van der Waals surface area contributed by atoms with Gasteiger partial charge in [0.1, 0.15) is 5.75 Å². The van der Waals surface area contributed by atoms with Gasteiger partial charge in [0, 0.05) is 19.3 Å². The lowest BCUT2D eigenvalue weighted by atomic mass is 10.1. The number of hydrogen-bond donors (Lipinski definition) is 2. The average molecular weight is 517 g/mol. The molecule has 2 N–H and O–H groups in total. The van der Waals surface area contributed by atoms with Gasteiger partial charge in [-0.1, -0.05) is 24.3 Å². The third-order valence-electron chi connectivity index (χ3n) is 4.02. The Balaban J connectivity index is 0.00000392. The van der Waals surface area contributed by atoms with Gasteiger partial charge in [-0.3, -0.25) is 0 Å². The summed E-state index contributed by atoms with van der Waals surface area (Å²) in [6.45, 7) is 5.66. The largest absolute Gasteiger partial charge is 0.497 e. The zero-order valence-corrected chi connectivity index (χ0v) is 19.8. The molecule has 0 aliphatic carbocycles. The van der Waals surface area contributed by atoms with Crippen LogP contribution in [0.2, 0.25) is 0 Å². The van der Waals surface area contributed by atoms with Crippen molar-refractivity contribution in [1.82, 2.24) is 10.6 Å². The first-order chi connectivity index (χ1) is 12.8. The van der Waals surface area contributed by atoms with Crippen LogP contribution in [0.5, 0.6) is 5.75 Å². The second kappa shape index (κ2) is 11.3. The summed E-state index contributed by atoms with van der Waals surface area (Å²) in [5.74, 6) is 1.53. The molecule has 0 aromatic heterocycles. The number of aliphatic imine (C=N–C) groups is 1. The number of aryl methyl sites for hydroxylation is 1. The lowest BCUT2D eigenvalue weighted by molar-refractivity contribution is 0.414. The summed E-state index contributed by atoms with van der Waals surface area (Å²) in [6.07, 6.45) is 1.22. The number of ether oxygens (including phenoxy) is 1. The first kappa shape index (κ1) is 24.2. The van der Waals surface area contributed by atoms with E-state index >= 15 is 0 Å². The first-order valence-electron chi connectivity index (χ1n) is 8.78.